The maximum absolute atomic E-state index is 6.29. The third-order valence-corrected chi connectivity index (χ3v) is 23.2. The van der Waals surface area contributed by atoms with E-state index in [1.807, 2.05) is 48.5 Å². The molecule has 0 saturated heterocycles. The molecule has 0 fully saturated rings. The van der Waals surface area contributed by atoms with Gasteiger partial charge in [0.1, 0.15) is 45.1 Å². The number of fused-ring (bicyclic) bond motifs is 12. The van der Waals surface area contributed by atoms with Gasteiger partial charge in [0.15, 0.2) is 0 Å². The number of allylic oxidation sites excluding steroid dienone is 4. The lowest BCUT2D eigenvalue weighted by molar-refractivity contribution is -0.658. The number of rotatable bonds is 8. The molecule has 0 saturated carbocycles. The Morgan fingerprint density at radius 1 is 0.272 bits per heavy atom. The maximum atomic E-state index is 6.29. The number of hydrogen-bond donors (Lipinski definition) is 0. The van der Waals surface area contributed by atoms with Crippen LogP contribution in [0.15, 0.2) is 320 Å². The van der Waals surface area contributed by atoms with E-state index in [0.29, 0.717) is 0 Å². The van der Waals surface area contributed by atoms with Gasteiger partial charge in [-0.05, 0) is 174 Å². The number of benzene rings is 8. The molecular weight excluding hydrogens is 1400 g/mol. The number of anilines is 4. The molecule has 4 aliphatic rings. The van der Waals surface area contributed by atoms with Gasteiger partial charge in [0, 0.05) is 79.6 Å². The molecule has 12 heterocycles. The van der Waals surface area contributed by atoms with E-state index in [-0.39, 0.29) is 27.4 Å². The van der Waals surface area contributed by atoms with Crippen molar-refractivity contribution in [2.75, 3.05) is 19.2 Å². The summed E-state index contributed by atoms with van der Waals surface area (Å²) >= 11 is 0. The van der Waals surface area contributed by atoms with Crippen molar-refractivity contribution in [1.82, 2.24) is 0 Å². The largest absolute Gasteiger partial charge is 0.465 e. The lowest BCUT2D eigenvalue weighted by Gasteiger charge is -2.26. The second-order valence-electron chi connectivity index (χ2n) is 30.7. The number of furan rings is 4. The normalized spacial score (nSPS) is 13.6. The summed E-state index contributed by atoms with van der Waals surface area (Å²) in [6, 6.07) is 88.8. The zero-order valence-electron chi connectivity index (χ0n) is 67.4. The number of nitrogens with zero attached hydrogens (tertiary/aromatic N) is 8. The molecule has 0 N–H and O–H groups in total. The Morgan fingerprint density at radius 2 is 0.596 bits per heavy atom. The van der Waals surface area contributed by atoms with Gasteiger partial charge in [-0.15, -0.1) is 0 Å². The van der Waals surface area contributed by atoms with Gasteiger partial charge in [0.25, 0.3) is 23.3 Å². The number of hydrogen-bond acceptors (Lipinski definition) is 8. The lowest BCUT2D eigenvalue weighted by atomic mass is 9.53. The smallest absolute Gasteiger partial charge is 0.447 e. The molecule has 4 aliphatic heterocycles. The SMILES string of the molecule is CB1c2c(oc3ccccc23)C=C(C)N1c1cc(-c2ccccc2)cc[n+]1C.CB1c2oc3ccccc3c2C=C(C)N1c1cc(-c2ccccc2)c(C)c[n+]1C.CB1c2oc3ccccc3c2C=C(C)N1c1cc(-c2ccccc2)cc[n+]1C.CB1c2oc3ccccc3c2C=C(C)N1c1cc(C)c(-c2ccccc2)c[n+]1C. The Morgan fingerprint density at radius 3 is 1.02 bits per heavy atom. The van der Waals surface area contributed by atoms with Gasteiger partial charge in [-0.2, -0.15) is 0 Å². The number of aromatic nitrogens is 4. The van der Waals surface area contributed by atoms with Crippen LogP contribution in [0.4, 0.5) is 23.3 Å². The van der Waals surface area contributed by atoms with Crippen molar-refractivity contribution in [2.24, 2.45) is 28.2 Å². The molecule has 0 spiro atoms. The van der Waals surface area contributed by atoms with E-state index in [4.69, 9.17) is 17.7 Å². The van der Waals surface area contributed by atoms with E-state index < -0.39 is 0 Å². The van der Waals surface area contributed by atoms with E-state index in [0.717, 1.165) is 62.5 Å². The summed E-state index contributed by atoms with van der Waals surface area (Å²) in [4.78, 5) is 9.50. The van der Waals surface area contributed by atoms with Gasteiger partial charge < -0.3 is 17.7 Å². The second-order valence-corrected chi connectivity index (χ2v) is 30.7. The monoisotopic (exact) mass is 1490 g/mol. The van der Waals surface area contributed by atoms with E-state index in [2.05, 4.69) is 390 Å². The molecule has 0 radical (unpaired) electrons. The van der Waals surface area contributed by atoms with Gasteiger partial charge in [-0.3, -0.25) is 19.2 Å². The minimum atomic E-state index is 0.111. The van der Waals surface area contributed by atoms with Crippen LogP contribution in [0.1, 0.15) is 61.3 Å². The van der Waals surface area contributed by atoms with E-state index in [1.54, 1.807) is 0 Å². The van der Waals surface area contributed by atoms with Crippen molar-refractivity contribution in [3.63, 3.8) is 0 Å². The highest BCUT2D eigenvalue weighted by Gasteiger charge is 2.45. The first-order valence-corrected chi connectivity index (χ1v) is 39.5. The molecule has 12 nitrogen and oxygen atoms in total. The van der Waals surface area contributed by atoms with Crippen LogP contribution in [0.3, 0.4) is 0 Å². The van der Waals surface area contributed by atoms with Gasteiger partial charge in [-0.25, -0.2) is 18.3 Å². The molecule has 16 aromatic rings. The Labute approximate surface area is 669 Å². The number of aryl methyl sites for hydroxylation is 6. The molecule has 8 aromatic heterocycles. The number of para-hydroxylation sites is 4. The molecule has 0 amide bonds. The molecule has 114 heavy (non-hydrogen) atoms. The molecule has 0 bridgehead atoms. The molecule has 0 unspecified atom stereocenters. The summed E-state index contributed by atoms with van der Waals surface area (Å²) in [5, 5.41) is 4.76. The predicted octanol–water partition coefficient (Wildman–Crippen LogP) is 19.2. The van der Waals surface area contributed by atoms with Crippen molar-refractivity contribution in [3.05, 3.63) is 336 Å². The van der Waals surface area contributed by atoms with Crippen LogP contribution in [0.5, 0.6) is 0 Å². The minimum Gasteiger partial charge on any atom is -0.465 e. The maximum Gasteiger partial charge on any atom is 0.447 e. The summed E-state index contributed by atoms with van der Waals surface area (Å²) in [7, 11) is 8.44. The zero-order valence-corrected chi connectivity index (χ0v) is 67.4. The standard InChI is InChI=1S/2C25H24BN2O.2C24H22BN2O/c1-17-16-27(4)24(15-21(17)19-10-6-5-7-11-19)28-18(2)14-22-20-12-8-9-13-23(20)29-25(22)26(28)3;1-17-14-24(27(4)16-22(17)19-10-6-5-7-11-19)28-18(2)15-21-20-12-8-9-13-23(20)29-25(21)26(28)3;1-17-15-21-20-11-7-8-12-22(20)28-24(21)25(2)27(17)23-16-19(13-14-26(23)3)18-9-5-4-6-10-18;1-17-15-22-24(20-11-7-8-12-21(20)28-22)25(2)27(17)23-16-19(13-14-26(23)3)18-9-5-4-6-10-18/h2*5-16H,1-4H3;2*4-16H,1-3H3/q4*+1. The zero-order chi connectivity index (χ0) is 78.7. The Balaban J connectivity index is 0.000000110. The van der Waals surface area contributed by atoms with Crippen LogP contribution in [0, 0.1) is 13.8 Å². The first kappa shape index (κ1) is 73.7. The van der Waals surface area contributed by atoms with Crippen LogP contribution < -0.4 is 60.0 Å². The van der Waals surface area contributed by atoms with E-state index >= 15 is 0 Å². The third-order valence-electron chi connectivity index (χ3n) is 23.2. The summed E-state index contributed by atoms with van der Waals surface area (Å²) < 4.78 is 33.7. The Kier molecular flexibility index (Phi) is 19.8. The van der Waals surface area contributed by atoms with E-state index in [1.165, 1.54) is 128 Å². The quantitative estimate of drug-likeness (QED) is 0.110. The molecule has 556 valence electrons. The molecular formula is C98H92B4N8O4+4. The van der Waals surface area contributed by atoms with Crippen LogP contribution in [0.25, 0.3) is 113 Å². The van der Waals surface area contributed by atoms with Gasteiger partial charge in [-0.1, -0.05) is 194 Å². The number of pyridine rings is 4. The van der Waals surface area contributed by atoms with Gasteiger partial charge in [0.05, 0.1) is 75.8 Å². The fourth-order valence-corrected chi connectivity index (χ4v) is 17.6. The van der Waals surface area contributed by atoms with E-state index in [9.17, 15) is 0 Å². The highest BCUT2D eigenvalue weighted by Crippen LogP contribution is 2.38. The summed E-state index contributed by atoms with van der Waals surface area (Å²) in [5.41, 5.74) is 29.0. The average molecular weight is 1490 g/mol. The van der Waals surface area contributed by atoms with Crippen LogP contribution in [-0.2, 0) is 28.2 Å². The molecule has 0 atom stereocenters. The van der Waals surface area contributed by atoms with Crippen LogP contribution in [0.2, 0.25) is 27.3 Å². The highest BCUT2D eigenvalue weighted by atomic mass is 16.3. The van der Waals surface area contributed by atoms with Crippen molar-refractivity contribution < 1.29 is 35.9 Å². The third kappa shape index (κ3) is 13.5. The fourth-order valence-electron chi connectivity index (χ4n) is 17.6. The van der Waals surface area contributed by atoms with Crippen molar-refractivity contribution >= 4 is 141 Å². The molecule has 8 aromatic carbocycles. The molecule has 16 heteroatoms. The second kappa shape index (κ2) is 30.6. The fraction of sp³-hybridized carbons (Fsp3) is 0.143. The first-order chi connectivity index (χ1) is 55.3. The summed E-state index contributed by atoms with van der Waals surface area (Å²) in [5.74, 6) is 5.60. The minimum absolute atomic E-state index is 0.111. The average Bonchev–Trinajstić information content (AvgIpc) is 1.58. The van der Waals surface area contributed by atoms with Crippen molar-refractivity contribution in [3.8, 4) is 44.5 Å². The first-order valence-electron chi connectivity index (χ1n) is 39.5. The summed E-state index contributed by atoms with van der Waals surface area (Å²) in [6.07, 6.45) is 17.6. The van der Waals surface area contributed by atoms with Crippen molar-refractivity contribution in [2.45, 2.75) is 68.8 Å². The lowest BCUT2D eigenvalue weighted by Crippen LogP contribution is -2.52. The molecule has 0 aliphatic carbocycles. The Bertz CT molecular complexity index is 6500. The van der Waals surface area contributed by atoms with Crippen LogP contribution in [-0.4, -0.2) is 27.4 Å². The highest BCUT2D eigenvalue weighted by molar-refractivity contribution is 6.80. The topological polar surface area (TPSA) is 81.0 Å². The predicted molar refractivity (Wildman–Crippen MR) is 476 cm³/mol. The Hall–Kier alpha value is -13.1. The van der Waals surface area contributed by atoms with Crippen LogP contribution >= 0.6 is 0 Å². The van der Waals surface area contributed by atoms with Gasteiger partial charge in [0.2, 0.25) is 0 Å². The van der Waals surface area contributed by atoms with Gasteiger partial charge >= 0.3 is 27.4 Å². The summed E-state index contributed by atoms with van der Waals surface area (Å²) in [6.45, 7) is 22.5. The molecule has 20 rings (SSSR count). The van der Waals surface area contributed by atoms with Crippen molar-refractivity contribution in [1.29, 1.82) is 0 Å².